The van der Waals surface area contributed by atoms with E-state index in [0.29, 0.717) is 0 Å². The molecule has 0 radical (unpaired) electrons. The van der Waals surface area contributed by atoms with Crippen molar-refractivity contribution in [3.63, 3.8) is 0 Å². The number of benzene rings is 7. The highest BCUT2D eigenvalue weighted by Gasteiger charge is 2.37. The molecule has 224 valence electrons. The molecule has 0 atom stereocenters. The second-order valence-corrected chi connectivity index (χ2v) is 13.0. The van der Waals surface area contributed by atoms with Crippen molar-refractivity contribution >= 4 is 39.0 Å². The molecule has 0 unspecified atom stereocenters. The van der Waals surface area contributed by atoms with E-state index in [-0.39, 0.29) is 5.41 Å². The summed E-state index contributed by atoms with van der Waals surface area (Å²) in [5, 5.41) is 2.27. The highest BCUT2D eigenvalue weighted by Crippen LogP contribution is 2.53. The smallest absolute Gasteiger partial charge is 0.137 e. The van der Waals surface area contributed by atoms with Gasteiger partial charge in [0, 0.05) is 39.3 Å². The molecule has 0 aliphatic heterocycles. The largest absolute Gasteiger partial charge is 0.456 e. The Morgan fingerprint density at radius 3 is 1.89 bits per heavy atom. The SMILES string of the molecule is CC1(C)c2ccc(-c3ccc(N(c4ccccc4)c4ccc5c(c4)oc4ccccc45)cc3)cc2-c2c(-c3ccccc3)cccc21. The first kappa shape index (κ1) is 27.5. The zero-order chi connectivity index (χ0) is 31.5. The molecule has 0 saturated carbocycles. The highest BCUT2D eigenvalue weighted by molar-refractivity contribution is 6.06. The third-order valence-corrected chi connectivity index (χ3v) is 9.88. The number of nitrogens with zero attached hydrogens (tertiary/aromatic N) is 1. The Balaban J connectivity index is 1.13. The van der Waals surface area contributed by atoms with Crippen LogP contribution in [0.3, 0.4) is 0 Å². The van der Waals surface area contributed by atoms with Gasteiger partial charge in [-0.05, 0) is 93.0 Å². The van der Waals surface area contributed by atoms with Gasteiger partial charge >= 0.3 is 0 Å². The van der Waals surface area contributed by atoms with Gasteiger partial charge in [-0.25, -0.2) is 0 Å². The van der Waals surface area contributed by atoms with E-state index in [9.17, 15) is 0 Å². The van der Waals surface area contributed by atoms with Gasteiger partial charge in [0.25, 0.3) is 0 Å². The van der Waals surface area contributed by atoms with Gasteiger partial charge in [0.15, 0.2) is 0 Å². The molecule has 1 aliphatic carbocycles. The predicted octanol–water partition coefficient (Wildman–Crippen LogP) is 12.7. The van der Waals surface area contributed by atoms with Crippen molar-refractivity contribution in [1.82, 2.24) is 0 Å². The van der Waals surface area contributed by atoms with Crippen LogP contribution in [0.4, 0.5) is 17.1 Å². The molecule has 1 heterocycles. The predicted molar refractivity (Wildman–Crippen MR) is 197 cm³/mol. The molecule has 1 aliphatic rings. The van der Waals surface area contributed by atoms with Gasteiger partial charge in [-0.1, -0.05) is 123 Å². The van der Waals surface area contributed by atoms with Crippen LogP contribution in [0.5, 0.6) is 0 Å². The molecule has 0 N–H and O–H groups in total. The average molecular weight is 604 g/mol. The Morgan fingerprint density at radius 2 is 1.09 bits per heavy atom. The number of fused-ring (bicyclic) bond motifs is 6. The van der Waals surface area contributed by atoms with Crippen LogP contribution in [-0.4, -0.2) is 0 Å². The molecule has 0 amide bonds. The van der Waals surface area contributed by atoms with Crippen molar-refractivity contribution < 1.29 is 4.42 Å². The molecule has 8 aromatic rings. The Bertz CT molecular complexity index is 2420. The lowest BCUT2D eigenvalue weighted by Gasteiger charge is -2.25. The van der Waals surface area contributed by atoms with Crippen LogP contribution in [-0.2, 0) is 5.41 Å². The molecule has 0 spiro atoms. The van der Waals surface area contributed by atoms with Crippen molar-refractivity contribution in [3.8, 4) is 33.4 Å². The van der Waals surface area contributed by atoms with Gasteiger partial charge < -0.3 is 9.32 Å². The van der Waals surface area contributed by atoms with Crippen LogP contribution in [0.1, 0.15) is 25.0 Å². The Hall–Kier alpha value is -5.86. The summed E-state index contributed by atoms with van der Waals surface area (Å²) >= 11 is 0. The summed E-state index contributed by atoms with van der Waals surface area (Å²) in [7, 11) is 0. The molecule has 0 saturated heterocycles. The lowest BCUT2D eigenvalue weighted by Crippen LogP contribution is -2.14. The monoisotopic (exact) mass is 603 g/mol. The number of para-hydroxylation sites is 2. The quantitative estimate of drug-likeness (QED) is 0.195. The van der Waals surface area contributed by atoms with Gasteiger partial charge in [0.05, 0.1) is 0 Å². The maximum absolute atomic E-state index is 6.28. The summed E-state index contributed by atoms with van der Waals surface area (Å²) in [4.78, 5) is 2.30. The highest BCUT2D eigenvalue weighted by atomic mass is 16.3. The summed E-state index contributed by atoms with van der Waals surface area (Å²) < 4.78 is 6.28. The summed E-state index contributed by atoms with van der Waals surface area (Å²) in [5.74, 6) is 0. The molecular weight excluding hydrogens is 571 g/mol. The first-order chi connectivity index (χ1) is 23.1. The number of furan rings is 1. The Morgan fingerprint density at radius 1 is 0.426 bits per heavy atom. The van der Waals surface area contributed by atoms with Gasteiger partial charge in [-0.2, -0.15) is 0 Å². The van der Waals surface area contributed by atoms with Crippen molar-refractivity contribution in [2.24, 2.45) is 0 Å². The van der Waals surface area contributed by atoms with Gasteiger partial charge in [-0.3, -0.25) is 0 Å². The Kier molecular flexibility index (Phi) is 6.20. The Labute approximate surface area is 275 Å². The molecule has 0 fully saturated rings. The molecule has 7 aromatic carbocycles. The van der Waals surface area contributed by atoms with Gasteiger partial charge in [0.1, 0.15) is 11.2 Å². The summed E-state index contributed by atoms with van der Waals surface area (Å²) in [6.45, 7) is 4.70. The van der Waals surface area contributed by atoms with E-state index < -0.39 is 0 Å². The minimum atomic E-state index is -0.0605. The topological polar surface area (TPSA) is 16.4 Å². The van der Waals surface area contributed by atoms with Crippen molar-refractivity contribution in [2.45, 2.75) is 19.3 Å². The van der Waals surface area contributed by atoms with E-state index in [1.165, 1.54) is 44.5 Å². The molecule has 47 heavy (non-hydrogen) atoms. The van der Waals surface area contributed by atoms with E-state index >= 15 is 0 Å². The molecule has 0 bridgehead atoms. The first-order valence-electron chi connectivity index (χ1n) is 16.3. The zero-order valence-electron chi connectivity index (χ0n) is 26.4. The second kappa shape index (κ2) is 10.6. The minimum Gasteiger partial charge on any atom is -0.456 e. The van der Waals surface area contributed by atoms with Crippen LogP contribution in [0.25, 0.3) is 55.3 Å². The van der Waals surface area contributed by atoms with E-state index in [0.717, 1.165) is 39.0 Å². The maximum Gasteiger partial charge on any atom is 0.137 e. The zero-order valence-corrected chi connectivity index (χ0v) is 26.4. The van der Waals surface area contributed by atoms with E-state index in [2.05, 4.69) is 170 Å². The van der Waals surface area contributed by atoms with Crippen LogP contribution in [0.15, 0.2) is 168 Å². The van der Waals surface area contributed by atoms with Gasteiger partial charge in [-0.15, -0.1) is 0 Å². The standard InChI is InChI=1S/C45H33NO/c1-45(2)40-27-22-32(28-39(40)44-36(17-11-18-41(44)45)31-12-5-3-6-13-31)30-20-23-34(24-21-30)46(33-14-7-4-8-15-33)35-25-26-38-37-16-9-10-19-42(37)47-43(38)29-35/h3-29H,1-2H3. The van der Waals surface area contributed by atoms with Crippen LogP contribution < -0.4 is 4.90 Å². The van der Waals surface area contributed by atoms with Crippen molar-refractivity contribution in [1.29, 1.82) is 0 Å². The van der Waals surface area contributed by atoms with Crippen molar-refractivity contribution in [3.05, 3.63) is 175 Å². The van der Waals surface area contributed by atoms with E-state index in [1.54, 1.807) is 0 Å². The first-order valence-corrected chi connectivity index (χ1v) is 16.3. The van der Waals surface area contributed by atoms with E-state index in [4.69, 9.17) is 4.42 Å². The fraction of sp³-hybridized carbons (Fsp3) is 0.0667. The van der Waals surface area contributed by atoms with Crippen LogP contribution in [0, 0.1) is 0 Å². The number of anilines is 3. The summed E-state index contributed by atoms with van der Waals surface area (Å²) in [5.41, 5.74) is 15.4. The minimum absolute atomic E-state index is 0.0605. The average Bonchev–Trinajstić information content (AvgIpc) is 3.61. The number of hydrogen-bond acceptors (Lipinski definition) is 2. The molecule has 1 aromatic heterocycles. The molecular formula is C45H33NO. The van der Waals surface area contributed by atoms with Gasteiger partial charge in [0.2, 0.25) is 0 Å². The normalized spacial score (nSPS) is 13.1. The summed E-state index contributed by atoms with van der Waals surface area (Å²) in [6.07, 6.45) is 0. The molecule has 2 nitrogen and oxygen atoms in total. The second-order valence-electron chi connectivity index (χ2n) is 13.0. The fourth-order valence-electron chi connectivity index (χ4n) is 7.52. The maximum atomic E-state index is 6.28. The lowest BCUT2D eigenvalue weighted by molar-refractivity contribution is 0.660. The molecule has 2 heteroatoms. The fourth-order valence-corrected chi connectivity index (χ4v) is 7.52. The lowest BCUT2D eigenvalue weighted by atomic mass is 9.81. The van der Waals surface area contributed by atoms with E-state index in [1.807, 2.05) is 12.1 Å². The number of rotatable bonds is 5. The van der Waals surface area contributed by atoms with Crippen LogP contribution >= 0.6 is 0 Å². The number of hydrogen-bond donors (Lipinski definition) is 0. The van der Waals surface area contributed by atoms with Crippen LogP contribution in [0.2, 0.25) is 0 Å². The third kappa shape index (κ3) is 4.40. The van der Waals surface area contributed by atoms with Crippen molar-refractivity contribution in [2.75, 3.05) is 4.90 Å². The molecule has 9 rings (SSSR count). The summed E-state index contributed by atoms with van der Waals surface area (Å²) in [6, 6.07) is 58.8. The third-order valence-electron chi connectivity index (χ3n) is 9.88.